The van der Waals surface area contributed by atoms with Gasteiger partial charge in [0.2, 0.25) is 0 Å². The summed E-state index contributed by atoms with van der Waals surface area (Å²) in [5.74, 6) is -0.504. The molecule has 0 bridgehead atoms. The van der Waals surface area contributed by atoms with Crippen LogP contribution in [0.3, 0.4) is 0 Å². The van der Waals surface area contributed by atoms with Gasteiger partial charge >= 0.3 is 0 Å². The van der Waals surface area contributed by atoms with Gasteiger partial charge in [0.25, 0.3) is 0 Å². The topological polar surface area (TPSA) is 79.9 Å². The molecule has 0 saturated carbocycles. The van der Waals surface area contributed by atoms with Crippen molar-refractivity contribution in [2.24, 2.45) is 10.9 Å². The highest BCUT2D eigenvalue weighted by Gasteiger charge is 2.08. The molecule has 0 aliphatic heterocycles. The Bertz CT molecular complexity index is 438. The number of hydrogen-bond acceptors (Lipinski definition) is 4. The van der Waals surface area contributed by atoms with E-state index in [4.69, 9.17) is 15.7 Å². The number of amidine groups is 1. The van der Waals surface area contributed by atoms with E-state index in [2.05, 4.69) is 17.4 Å². The van der Waals surface area contributed by atoms with Gasteiger partial charge in [0.1, 0.15) is 5.82 Å². The Kier molecular flexibility index (Phi) is 7.60. The molecule has 1 aromatic rings. The van der Waals surface area contributed by atoms with Crippen LogP contribution in [0.4, 0.5) is 4.39 Å². The summed E-state index contributed by atoms with van der Waals surface area (Å²) in [6, 6.07) is 4.25. The number of ether oxygens (including phenoxy) is 1. The van der Waals surface area contributed by atoms with Crippen molar-refractivity contribution in [3.63, 3.8) is 0 Å². The molecule has 0 unspecified atom stereocenters. The number of hydrogen-bond donors (Lipinski definition) is 3. The molecule has 0 aliphatic carbocycles. The molecule has 112 valence electrons. The molecule has 20 heavy (non-hydrogen) atoms. The minimum Gasteiger partial charge on any atom is -0.409 e. The second-order valence-corrected chi connectivity index (χ2v) is 4.43. The highest BCUT2D eigenvalue weighted by atomic mass is 19.1. The van der Waals surface area contributed by atoms with E-state index >= 15 is 0 Å². The van der Waals surface area contributed by atoms with Gasteiger partial charge in [-0.1, -0.05) is 18.1 Å². The number of oxime groups is 1. The molecule has 0 aromatic heterocycles. The summed E-state index contributed by atoms with van der Waals surface area (Å²) in [5.41, 5.74) is 6.73. The van der Waals surface area contributed by atoms with Crippen LogP contribution in [-0.4, -0.2) is 30.8 Å². The van der Waals surface area contributed by atoms with E-state index < -0.39 is 5.82 Å². The van der Waals surface area contributed by atoms with Crippen molar-refractivity contribution < 1.29 is 14.3 Å². The molecule has 0 spiro atoms. The van der Waals surface area contributed by atoms with Crippen LogP contribution in [0, 0.1) is 5.82 Å². The minimum absolute atomic E-state index is 0.0902. The Hall–Kier alpha value is -1.66. The molecule has 1 aromatic carbocycles. The Morgan fingerprint density at radius 2 is 2.25 bits per heavy atom. The van der Waals surface area contributed by atoms with Gasteiger partial charge in [-0.2, -0.15) is 0 Å². The molecule has 0 radical (unpaired) electrons. The van der Waals surface area contributed by atoms with Crippen molar-refractivity contribution in [1.82, 2.24) is 5.32 Å². The van der Waals surface area contributed by atoms with Gasteiger partial charge in [-0.25, -0.2) is 4.39 Å². The molecule has 0 amide bonds. The van der Waals surface area contributed by atoms with Crippen LogP contribution in [0.2, 0.25) is 0 Å². The Balaban J connectivity index is 2.43. The van der Waals surface area contributed by atoms with E-state index in [0.29, 0.717) is 12.1 Å². The van der Waals surface area contributed by atoms with Crippen molar-refractivity contribution in [2.45, 2.75) is 26.3 Å². The lowest BCUT2D eigenvalue weighted by atomic mass is 10.1. The maximum atomic E-state index is 13.2. The van der Waals surface area contributed by atoms with E-state index in [1.807, 2.05) is 0 Å². The van der Waals surface area contributed by atoms with Crippen LogP contribution < -0.4 is 11.1 Å². The Labute approximate surface area is 118 Å². The summed E-state index contributed by atoms with van der Waals surface area (Å²) < 4.78 is 18.5. The Morgan fingerprint density at radius 1 is 1.45 bits per heavy atom. The SMILES string of the molecule is CCCOCCCNCc1ccc(F)cc1/C(N)=N/O. The van der Waals surface area contributed by atoms with E-state index in [-0.39, 0.29) is 5.84 Å². The van der Waals surface area contributed by atoms with Gasteiger partial charge in [0, 0.05) is 25.3 Å². The zero-order valence-electron chi connectivity index (χ0n) is 11.7. The molecule has 0 fully saturated rings. The predicted molar refractivity (Wildman–Crippen MR) is 76.3 cm³/mol. The van der Waals surface area contributed by atoms with Crippen LogP contribution in [0.25, 0.3) is 0 Å². The first kappa shape index (κ1) is 16.4. The van der Waals surface area contributed by atoms with Gasteiger partial charge in [-0.05, 0) is 37.1 Å². The highest BCUT2D eigenvalue weighted by Crippen LogP contribution is 2.11. The van der Waals surface area contributed by atoms with Crippen LogP contribution in [0.5, 0.6) is 0 Å². The number of nitrogens with zero attached hydrogens (tertiary/aromatic N) is 1. The first-order chi connectivity index (χ1) is 9.69. The normalized spacial score (nSPS) is 11.8. The first-order valence-electron chi connectivity index (χ1n) is 6.73. The molecule has 0 heterocycles. The third-order valence-electron chi connectivity index (χ3n) is 2.76. The van der Waals surface area contributed by atoms with E-state index in [1.165, 1.54) is 12.1 Å². The molecule has 6 heteroatoms. The number of benzene rings is 1. The maximum Gasteiger partial charge on any atom is 0.170 e. The lowest BCUT2D eigenvalue weighted by Crippen LogP contribution is -2.21. The van der Waals surface area contributed by atoms with Crippen LogP contribution in [-0.2, 0) is 11.3 Å². The zero-order valence-corrected chi connectivity index (χ0v) is 11.7. The molecule has 0 saturated heterocycles. The standard InChI is InChI=1S/C14H22FN3O2/c1-2-7-20-8-3-6-17-10-11-4-5-12(15)9-13(11)14(16)18-19/h4-5,9,17,19H,2-3,6-8,10H2,1H3,(H2,16,18). The number of nitrogens with two attached hydrogens (primary N) is 1. The molecule has 5 nitrogen and oxygen atoms in total. The maximum absolute atomic E-state index is 13.2. The molecule has 4 N–H and O–H groups in total. The number of rotatable bonds is 9. The predicted octanol–water partition coefficient (Wildman–Crippen LogP) is 1.83. The fourth-order valence-corrected chi connectivity index (χ4v) is 1.76. The summed E-state index contributed by atoms with van der Waals surface area (Å²) in [5, 5.41) is 14.8. The molecular weight excluding hydrogens is 261 g/mol. The van der Waals surface area contributed by atoms with E-state index in [0.717, 1.165) is 38.2 Å². The number of nitrogens with one attached hydrogen (secondary N) is 1. The first-order valence-corrected chi connectivity index (χ1v) is 6.73. The second-order valence-electron chi connectivity index (χ2n) is 4.43. The van der Waals surface area contributed by atoms with Gasteiger partial charge in [0.15, 0.2) is 5.84 Å². The molecular formula is C14H22FN3O2. The minimum atomic E-state index is -0.414. The average molecular weight is 283 g/mol. The van der Waals surface area contributed by atoms with Crippen molar-refractivity contribution in [3.8, 4) is 0 Å². The van der Waals surface area contributed by atoms with Crippen molar-refractivity contribution in [1.29, 1.82) is 0 Å². The van der Waals surface area contributed by atoms with Crippen molar-refractivity contribution >= 4 is 5.84 Å². The Morgan fingerprint density at radius 3 is 2.95 bits per heavy atom. The lowest BCUT2D eigenvalue weighted by molar-refractivity contribution is 0.132. The largest absolute Gasteiger partial charge is 0.409 e. The summed E-state index contributed by atoms with van der Waals surface area (Å²) in [7, 11) is 0. The third kappa shape index (κ3) is 5.54. The van der Waals surface area contributed by atoms with Crippen molar-refractivity contribution in [3.05, 3.63) is 35.1 Å². The van der Waals surface area contributed by atoms with Gasteiger partial charge in [0.05, 0.1) is 0 Å². The molecule has 0 atom stereocenters. The van der Waals surface area contributed by atoms with Crippen LogP contribution >= 0.6 is 0 Å². The lowest BCUT2D eigenvalue weighted by Gasteiger charge is -2.10. The highest BCUT2D eigenvalue weighted by molar-refractivity contribution is 5.98. The fraction of sp³-hybridized carbons (Fsp3) is 0.500. The van der Waals surface area contributed by atoms with E-state index in [9.17, 15) is 4.39 Å². The van der Waals surface area contributed by atoms with Crippen LogP contribution in [0.1, 0.15) is 30.9 Å². The van der Waals surface area contributed by atoms with Gasteiger partial charge in [-0.15, -0.1) is 0 Å². The third-order valence-corrected chi connectivity index (χ3v) is 2.76. The summed E-state index contributed by atoms with van der Waals surface area (Å²) in [4.78, 5) is 0. The van der Waals surface area contributed by atoms with E-state index in [1.54, 1.807) is 6.07 Å². The smallest absolute Gasteiger partial charge is 0.170 e. The van der Waals surface area contributed by atoms with Crippen molar-refractivity contribution in [2.75, 3.05) is 19.8 Å². The molecule has 1 rings (SSSR count). The van der Waals surface area contributed by atoms with Gasteiger partial charge < -0.3 is 21.0 Å². The van der Waals surface area contributed by atoms with Crippen LogP contribution in [0.15, 0.2) is 23.4 Å². The second kappa shape index (κ2) is 9.28. The van der Waals surface area contributed by atoms with Gasteiger partial charge in [-0.3, -0.25) is 0 Å². The quantitative estimate of drug-likeness (QED) is 0.212. The zero-order chi connectivity index (χ0) is 14.8. The summed E-state index contributed by atoms with van der Waals surface area (Å²) in [6.07, 6.45) is 1.92. The summed E-state index contributed by atoms with van der Waals surface area (Å²) >= 11 is 0. The summed E-state index contributed by atoms with van der Waals surface area (Å²) in [6.45, 7) is 4.89. The molecule has 0 aliphatic rings. The fourth-order valence-electron chi connectivity index (χ4n) is 1.76. The average Bonchev–Trinajstić information content (AvgIpc) is 2.46. The number of halogens is 1. The monoisotopic (exact) mass is 283 g/mol.